The van der Waals surface area contributed by atoms with Crippen molar-refractivity contribution in [3.05, 3.63) is 90.0 Å². The van der Waals surface area contributed by atoms with Gasteiger partial charge in [-0.25, -0.2) is 4.98 Å². The summed E-state index contributed by atoms with van der Waals surface area (Å²) >= 11 is 0. The molecule has 212 valence electrons. The lowest BCUT2D eigenvalue weighted by Crippen LogP contribution is -2.40. The normalized spacial score (nSPS) is 22.0. The molecule has 0 bridgehead atoms. The molecular weight excluding hydrogens is 504 g/mol. The van der Waals surface area contributed by atoms with E-state index >= 15 is 0 Å². The number of nitrogens with zero attached hydrogens (tertiary/aromatic N) is 4. The highest BCUT2D eigenvalue weighted by Gasteiger charge is 2.47. The lowest BCUT2D eigenvalue weighted by Gasteiger charge is -2.31. The van der Waals surface area contributed by atoms with E-state index in [2.05, 4.69) is 98.0 Å². The van der Waals surface area contributed by atoms with E-state index in [-0.39, 0.29) is 5.54 Å². The van der Waals surface area contributed by atoms with Crippen LogP contribution in [-0.4, -0.2) is 28.6 Å². The highest BCUT2D eigenvalue weighted by Crippen LogP contribution is 2.45. The minimum atomic E-state index is 0.0526. The fraction of sp³-hybridized carbons (Fsp3) is 0.400. The van der Waals surface area contributed by atoms with Gasteiger partial charge in [-0.15, -0.1) is 0 Å². The van der Waals surface area contributed by atoms with Crippen molar-refractivity contribution in [1.82, 2.24) is 15.3 Å². The van der Waals surface area contributed by atoms with E-state index < -0.39 is 0 Å². The number of hydrogen-bond donors (Lipinski definition) is 2. The van der Waals surface area contributed by atoms with Gasteiger partial charge in [0, 0.05) is 54.0 Å². The summed E-state index contributed by atoms with van der Waals surface area (Å²) in [6.45, 7) is 15.3. The van der Waals surface area contributed by atoms with Crippen molar-refractivity contribution in [2.24, 2.45) is 23.5 Å². The molecule has 3 heterocycles. The van der Waals surface area contributed by atoms with Crippen molar-refractivity contribution >= 4 is 17.1 Å². The summed E-state index contributed by atoms with van der Waals surface area (Å²) in [4.78, 5) is 12.0. The zero-order chi connectivity index (χ0) is 29.1. The quantitative estimate of drug-likeness (QED) is 0.289. The van der Waals surface area contributed by atoms with Crippen LogP contribution in [0.3, 0.4) is 0 Å². The summed E-state index contributed by atoms with van der Waals surface area (Å²) in [6, 6.07) is 17.0. The molecule has 0 radical (unpaired) electrons. The molecule has 6 heteroatoms. The van der Waals surface area contributed by atoms with Crippen LogP contribution in [0, 0.1) is 36.0 Å². The Balaban J connectivity index is 1.28. The summed E-state index contributed by atoms with van der Waals surface area (Å²) in [5.74, 6) is 2.86. The van der Waals surface area contributed by atoms with E-state index in [0.29, 0.717) is 29.0 Å². The van der Waals surface area contributed by atoms with Gasteiger partial charge in [0.15, 0.2) is 0 Å². The van der Waals surface area contributed by atoms with Gasteiger partial charge in [0.25, 0.3) is 0 Å². The number of rotatable bonds is 9. The smallest absolute Gasteiger partial charge is 0.128 e. The van der Waals surface area contributed by atoms with Gasteiger partial charge in [0.05, 0.1) is 11.3 Å². The fourth-order valence-corrected chi connectivity index (χ4v) is 6.71. The van der Waals surface area contributed by atoms with Crippen LogP contribution in [0.2, 0.25) is 0 Å². The van der Waals surface area contributed by atoms with Crippen molar-refractivity contribution in [3.63, 3.8) is 0 Å². The van der Waals surface area contributed by atoms with E-state index in [0.717, 1.165) is 67.0 Å². The number of nitriles is 1. The number of nitrogens with two attached hydrogens (primary N) is 1. The average Bonchev–Trinajstić information content (AvgIpc) is 3.48. The maximum atomic E-state index is 9.65. The Kier molecular flexibility index (Phi) is 8.17. The molecule has 1 aliphatic carbocycles. The number of fused-ring (bicyclic) bond motifs is 1. The number of allylic oxidation sites excluding steroid dienone is 1. The predicted molar refractivity (Wildman–Crippen MR) is 169 cm³/mol. The molecule has 5 rings (SSSR count). The number of pyridine rings is 2. The van der Waals surface area contributed by atoms with Crippen LogP contribution in [0.4, 0.5) is 5.82 Å². The maximum absolute atomic E-state index is 9.65. The third-order valence-corrected chi connectivity index (χ3v) is 8.80. The Labute approximate surface area is 245 Å². The van der Waals surface area contributed by atoms with Crippen molar-refractivity contribution in [2.75, 3.05) is 18.0 Å². The third kappa shape index (κ3) is 6.15. The lowest BCUT2D eigenvalue weighted by atomic mass is 9.95. The highest BCUT2D eigenvalue weighted by molar-refractivity contribution is 5.85. The van der Waals surface area contributed by atoms with E-state index in [1.807, 2.05) is 12.4 Å². The Bertz CT molecular complexity index is 1470. The van der Waals surface area contributed by atoms with Crippen molar-refractivity contribution in [2.45, 2.75) is 58.9 Å². The zero-order valence-corrected chi connectivity index (χ0v) is 24.8. The Morgan fingerprint density at radius 3 is 2.51 bits per heavy atom. The van der Waals surface area contributed by atoms with Crippen LogP contribution in [0.15, 0.2) is 67.6 Å². The van der Waals surface area contributed by atoms with Crippen LogP contribution in [-0.2, 0) is 6.42 Å². The number of benzene rings is 1. The van der Waals surface area contributed by atoms with Crippen LogP contribution < -0.4 is 16.0 Å². The summed E-state index contributed by atoms with van der Waals surface area (Å²) in [5.41, 5.74) is 13.3. The van der Waals surface area contributed by atoms with Gasteiger partial charge in [0.2, 0.25) is 0 Å². The molecule has 2 fully saturated rings. The standard InChI is InChI=1S/C35H42N6/c1-23(2)10-11-26-14-32(34(39-19-26)30(17-36)18-37)27-12-13-33(38-20-27)41-21-28-15-35(5,16-29(28)22-41)40-25(4)31-9-7-6-8-24(31)3/h6-9,12-14,17,19-20,23,28-29,40H,4,10-11,15-16,21-22,36H2,1-3,5H3. The maximum Gasteiger partial charge on any atom is 0.128 e. The van der Waals surface area contributed by atoms with E-state index in [1.165, 1.54) is 17.3 Å². The van der Waals surface area contributed by atoms with Gasteiger partial charge >= 0.3 is 0 Å². The molecule has 41 heavy (non-hydrogen) atoms. The van der Waals surface area contributed by atoms with Crippen molar-refractivity contribution < 1.29 is 0 Å². The van der Waals surface area contributed by atoms with Crippen LogP contribution in [0.25, 0.3) is 22.4 Å². The Morgan fingerprint density at radius 2 is 1.90 bits per heavy atom. The first-order valence-corrected chi connectivity index (χ1v) is 14.8. The van der Waals surface area contributed by atoms with Gasteiger partial charge in [0.1, 0.15) is 11.9 Å². The second-order valence-electron chi connectivity index (χ2n) is 12.6. The number of aromatic nitrogens is 2. The van der Waals surface area contributed by atoms with Crippen molar-refractivity contribution in [1.29, 1.82) is 5.26 Å². The van der Waals surface area contributed by atoms with Crippen molar-refractivity contribution in [3.8, 4) is 17.2 Å². The molecular formula is C35H42N6. The van der Waals surface area contributed by atoms with E-state index in [9.17, 15) is 5.26 Å². The van der Waals surface area contributed by atoms with Gasteiger partial charge in [-0.1, -0.05) is 44.7 Å². The van der Waals surface area contributed by atoms with Gasteiger partial charge in [-0.3, -0.25) is 4.98 Å². The first-order chi connectivity index (χ1) is 19.7. The molecule has 6 nitrogen and oxygen atoms in total. The van der Waals surface area contributed by atoms with Gasteiger partial charge < -0.3 is 16.0 Å². The minimum absolute atomic E-state index is 0.0526. The van der Waals surface area contributed by atoms with E-state index in [4.69, 9.17) is 10.7 Å². The zero-order valence-electron chi connectivity index (χ0n) is 24.8. The van der Waals surface area contributed by atoms with Crippen LogP contribution >= 0.6 is 0 Å². The largest absolute Gasteiger partial charge is 0.403 e. The molecule has 0 amide bonds. The SMILES string of the molecule is C=C(NC1(C)CC2CN(c3ccc(-c4cc(CCC(C)C)cnc4C(C#N)=CN)cn3)CC2C1)c1ccccc1C. The summed E-state index contributed by atoms with van der Waals surface area (Å²) in [5, 5.41) is 13.4. The molecule has 2 aliphatic rings. The molecule has 2 aromatic heterocycles. The second kappa shape index (κ2) is 11.8. The summed E-state index contributed by atoms with van der Waals surface area (Å²) in [6.07, 6.45) is 9.39. The molecule has 1 aliphatic heterocycles. The second-order valence-corrected chi connectivity index (χ2v) is 12.6. The molecule has 3 N–H and O–H groups in total. The molecule has 2 atom stereocenters. The lowest BCUT2D eigenvalue weighted by molar-refractivity contribution is 0.394. The molecule has 3 aromatic rings. The highest BCUT2D eigenvalue weighted by atomic mass is 15.2. The predicted octanol–water partition coefficient (Wildman–Crippen LogP) is 6.73. The first-order valence-electron chi connectivity index (χ1n) is 14.8. The number of hydrogen-bond acceptors (Lipinski definition) is 6. The summed E-state index contributed by atoms with van der Waals surface area (Å²) < 4.78 is 0. The topological polar surface area (TPSA) is 90.9 Å². The summed E-state index contributed by atoms with van der Waals surface area (Å²) in [7, 11) is 0. The van der Waals surface area contributed by atoms with Crippen LogP contribution in [0.5, 0.6) is 0 Å². The molecule has 0 spiro atoms. The number of aryl methyl sites for hydroxylation is 2. The molecule has 1 saturated heterocycles. The Hall–Kier alpha value is -4.11. The molecule has 1 aromatic carbocycles. The Morgan fingerprint density at radius 1 is 1.17 bits per heavy atom. The van der Waals surface area contributed by atoms with Gasteiger partial charge in [-0.2, -0.15) is 5.26 Å². The fourth-order valence-electron chi connectivity index (χ4n) is 6.71. The minimum Gasteiger partial charge on any atom is -0.403 e. The van der Waals surface area contributed by atoms with Gasteiger partial charge in [-0.05, 0) is 92.2 Å². The first kappa shape index (κ1) is 28.4. The monoisotopic (exact) mass is 546 g/mol. The van der Waals surface area contributed by atoms with E-state index in [1.54, 1.807) is 0 Å². The average molecular weight is 547 g/mol. The molecule has 2 unspecified atom stereocenters. The number of anilines is 1. The molecule has 1 saturated carbocycles. The number of nitrogens with one attached hydrogen (secondary N) is 1. The third-order valence-electron chi connectivity index (χ3n) is 8.80. The van der Waals surface area contributed by atoms with Crippen LogP contribution in [0.1, 0.15) is 62.4 Å².